The molecule has 0 saturated carbocycles. The Morgan fingerprint density at radius 2 is 2.17 bits per heavy atom. The van der Waals surface area contributed by atoms with Gasteiger partial charge in [-0.3, -0.25) is 0 Å². The fourth-order valence-electron chi connectivity index (χ4n) is 1.97. The SMILES string of the molecule is C[C@@H]1NCC[C@@H]1NC(=O)OCc1ccccc1.Cl. The molecule has 18 heavy (non-hydrogen) atoms. The molecular weight excluding hydrogens is 252 g/mol. The van der Waals surface area contributed by atoms with Gasteiger partial charge in [-0.2, -0.15) is 0 Å². The zero-order chi connectivity index (χ0) is 12.1. The zero-order valence-electron chi connectivity index (χ0n) is 10.4. The summed E-state index contributed by atoms with van der Waals surface area (Å²) in [5.74, 6) is 0. The van der Waals surface area contributed by atoms with E-state index in [4.69, 9.17) is 4.74 Å². The quantitative estimate of drug-likeness (QED) is 0.884. The van der Waals surface area contributed by atoms with Crippen molar-refractivity contribution in [2.45, 2.75) is 32.0 Å². The first-order chi connectivity index (χ1) is 8.25. The minimum atomic E-state index is -0.339. The molecule has 0 spiro atoms. The number of carbonyl (C=O) groups excluding carboxylic acids is 1. The first-order valence-corrected chi connectivity index (χ1v) is 5.96. The highest BCUT2D eigenvalue weighted by Gasteiger charge is 2.24. The maximum atomic E-state index is 11.6. The first-order valence-electron chi connectivity index (χ1n) is 5.96. The van der Waals surface area contributed by atoms with Gasteiger partial charge in [0.25, 0.3) is 0 Å². The Morgan fingerprint density at radius 3 is 2.78 bits per heavy atom. The molecule has 1 aliphatic rings. The minimum Gasteiger partial charge on any atom is -0.445 e. The summed E-state index contributed by atoms with van der Waals surface area (Å²) in [7, 11) is 0. The van der Waals surface area contributed by atoms with Gasteiger partial charge in [-0.25, -0.2) is 4.79 Å². The normalized spacial score (nSPS) is 22.1. The molecule has 2 rings (SSSR count). The second-order valence-corrected chi connectivity index (χ2v) is 4.34. The molecule has 1 saturated heterocycles. The number of benzene rings is 1. The summed E-state index contributed by atoms with van der Waals surface area (Å²) in [5, 5.41) is 6.15. The van der Waals surface area contributed by atoms with Gasteiger partial charge in [0.15, 0.2) is 0 Å². The van der Waals surface area contributed by atoms with Crippen LogP contribution in [-0.4, -0.2) is 24.7 Å². The highest BCUT2D eigenvalue weighted by atomic mass is 35.5. The first kappa shape index (κ1) is 14.8. The van der Waals surface area contributed by atoms with Crippen LogP contribution in [0.2, 0.25) is 0 Å². The summed E-state index contributed by atoms with van der Waals surface area (Å²) in [6.07, 6.45) is 0.621. The number of rotatable bonds is 3. The van der Waals surface area contributed by atoms with Gasteiger partial charge < -0.3 is 15.4 Å². The molecule has 2 atom stereocenters. The lowest BCUT2D eigenvalue weighted by Gasteiger charge is -2.16. The van der Waals surface area contributed by atoms with Crippen molar-refractivity contribution in [2.75, 3.05) is 6.54 Å². The summed E-state index contributed by atoms with van der Waals surface area (Å²) < 4.78 is 5.16. The van der Waals surface area contributed by atoms with Gasteiger partial charge in [-0.05, 0) is 25.5 Å². The molecule has 1 heterocycles. The maximum absolute atomic E-state index is 11.6. The van der Waals surface area contributed by atoms with Crippen LogP contribution >= 0.6 is 12.4 Å². The number of amides is 1. The number of hydrogen-bond acceptors (Lipinski definition) is 3. The fraction of sp³-hybridized carbons (Fsp3) is 0.462. The van der Waals surface area contributed by atoms with E-state index in [9.17, 15) is 4.79 Å². The highest BCUT2D eigenvalue weighted by molar-refractivity contribution is 5.85. The van der Waals surface area contributed by atoms with Gasteiger partial charge in [0.05, 0.1) is 0 Å². The average molecular weight is 271 g/mol. The van der Waals surface area contributed by atoms with Gasteiger partial charge in [0.2, 0.25) is 0 Å². The molecule has 1 aromatic rings. The van der Waals surface area contributed by atoms with Crippen LogP contribution in [-0.2, 0) is 11.3 Å². The molecule has 100 valence electrons. The monoisotopic (exact) mass is 270 g/mol. The number of ether oxygens (including phenoxy) is 1. The molecular formula is C13H19ClN2O2. The van der Waals surface area contributed by atoms with Crippen LogP contribution in [0.4, 0.5) is 4.79 Å². The van der Waals surface area contributed by atoms with Crippen molar-refractivity contribution < 1.29 is 9.53 Å². The molecule has 0 aliphatic carbocycles. The molecule has 1 aromatic carbocycles. The molecule has 1 fully saturated rings. The molecule has 5 heteroatoms. The zero-order valence-corrected chi connectivity index (χ0v) is 11.2. The predicted octanol–water partition coefficient (Wildman–Crippen LogP) is 2.09. The summed E-state index contributed by atoms with van der Waals surface area (Å²) >= 11 is 0. The maximum Gasteiger partial charge on any atom is 0.407 e. The third-order valence-electron chi connectivity index (χ3n) is 3.04. The van der Waals surface area contributed by atoms with E-state index < -0.39 is 0 Å². The predicted molar refractivity (Wildman–Crippen MR) is 72.9 cm³/mol. The lowest BCUT2D eigenvalue weighted by Crippen LogP contribution is -2.41. The average Bonchev–Trinajstić information content (AvgIpc) is 2.74. The van der Waals surface area contributed by atoms with Crippen molar-refractivity contribution in [1.82, 2.24) is 10.6 Å². The van der Waals surface area contributed by atoms with Gasteiger partial charge in [0.1, 0.15) is 6.61 Å². The van der Waals surface area contributed by atoms with E-state index >= 15 is 0 Å². The topological polar surface area (TPSA) is 50.4 Å². The highest BCUT2D eigenvalue weighted by Crippen LogP contribution is 2.07. The molecule has 0 aromatic heterocycles. The lowest BCUT2D eigenvalue weighted by atomic mass is 10.1. The van der Waals surface area contributed by atoms with Crippen LogP contribution in [0.3, 0.4) is 0 Å². The van der Waals surface area contributed by atoms with Crippen LogP contribution in [0.15, 0.2) is 30.3 Å². The van der Waals surface area contributed by atoms with Crippen LogP contribution < -0.4 is 10.6 Å². The fourth-order valence-corrected chi connectivity index (χ4v) is 1.97. The summed E-state index contributed by atoms with van der Waals surface area (Å²) in [6, 6.07) is 10.2. The van der Waals surface area contributed by atoms with E-state index in [0.717, 1.165) is 18.5 Å². The number of alkyl carbamates (subject to hydrolysis) is 1. The Morgan fingerprint density at radius 1 is 1.44 bits per heavy atom. The van der Waals surface area contributed by atoms with E-state index in [0.29, 0.717) is 12.6 Å². The van der Waals surface area contributed by atoms with E-state index in [-0.39, 0.29) is 24.5 Å². The van der Waals surface area contributed by atoms with Crippen LogP contribution in [0.5, 0.6) is 0 Å². The smallest absolute Gasteiger partial charge is 0.407 e. The third kappa shape index (κ3) is 4.20. The molecule has 2 N–H and O–H groups in total. The van der Waals surface area contributed by atoms with Gasteiger partial charge in [-0.1, -0.05) is 30.3 Å². The minimum absolute atomic E-state index is 0. The van der Waals surface area contributed by atoms with Crippen molar-refractivity contribution in [3.8, 4) is 0 Å². The number of nitrogens with one attached hydrogen (secondary N) is 2. The summed E-state index contributed by atoms with van der Waals surface area (Å²) in [6.45, 7) is 3.33. The molecule has 0 bridgehead atoms. The lowest BCUT2D eigenvalue weighted by molar-refractivity contribution is 0.135. The van der Waals surface area contributed by atoms with Crippen molar-refractivity contribution in [2.24, 2.45) is 0 Å². The van der Waals surface area contributed by atoms with Crippen molar-refractivity contribution in [1.29, 1.82) is 0 Å². The van der Waals surface area contributed by atoms with Gasteiger partial charge in [0, 0.05) is 12.1 Å². The van der Waals surface area contributed by atoms with Crippen LogP contribution in [0.1, 0.15) is 18.9 Å². The Bertz CT molecular complexity index is 373. The number of hydrogen-bond donors (Lipinski definition) is 2. The Hall–Kier alpha value is -1.26. The second-order valence-electron chi connectivity index (χ2n) is 4.34. The molecule has 1 aliphatic heterocycles. The van der Waals surface area contributed by atoms with Crippen molar-refractivity contribution in [3.63, 3.8) is 0 Å². The van der Waals surface area contributed by atoms with Crippen LogP contribution in [0.25, 0.3) is 0 Å². The van der Waals surface area contributed by atoms with E-state index in [1.807, 2.05) is 30.3 Å². The van der Waals surface area contributed by atoms with E-state index in [1.165, 1.54) is 0 Å². The van der Waals surface area contributed by atoms with Gasteiger partial charge >= 0.3 is 6.09 Å². The Labute approximate surface area is 114 Å². The summed E-state index contributed by atoms with van der Waals surface area (Å²) in [5.41, 5.74) is 1.00. The molecule has 1 amide bonds. The Balaban J connectivity index is 0.00000162. The van der Waals surface area contributed by atoms with Crippen molar-refractivity contribution >= 4 is 18.5 Å². The largest absolute Gasteiger partial charge is 0.445 e. The van der Waals surface area contributed by atoms with Crippen molar-refractivity contribution in [3.05, 3.63) is 35.9 Å². The van der Waals surface area contributed by atoms with Crippen LogP contribution in [0, 0.1) is 0 Å². The number of carbonyl (C=O) groups is 1. The standard InChI is InChI=1S/C13H18N2O2.ClH/c1-10-12(7-8-14-10)15-13(16)17-9-11-5-3-2-4-6-11;/h2-6,10,12,14H,7-9H2,1H3,(H,15,16);1H/t10-,12-;/m0./s1. The summed E-state index contributed by atoms with van der Waals surface area (Å²) in [4.78, 5) is 11.6. The number of halogens is 1. The Kier molecular flexibility index (Phi) is 5.95. The molecule has 0 unspecified atom stereocenters. The molecule has 0 radical (unpaired) electrons. The van der Waals surface area contributed by atoms with E-state index in [2.05, 4.69) is 17.6 Å². The third-order valence-corrected chi connectivity index (χ3v) is 3.04. The van der Waals surface area contributed by atoms with E-state index in [1.54, 1.807) is 0 Å². The second kappa shape index (κ2) is 7.24. The van der Waals surface area contributed by atoms with Gasteiger partial charge in [-0.15, -0.1) is 12.4 Å². The molecule has 4 nitrogen and oxygen atoms in total.